The van der Waals surface area contributed by atoms with Crippen LogP contribution in [0.2, 0.25) is 0 Å². The first kappa shape index (κ1) is 15.1. The van der Waals surface area contributed by atoms with Gasteiger partial charge in [0.25, 0.3) is 0 Å². The number of cyclic esters (lactones) is 1. The fraction of sp³-hybridized carbons (Fsp3) is 0.429. The maximum atomic E-state index is 12.9. The maximum absolute atomic E-state index is 12.9. The van der Waals surface area contributed by atoms with E-state index in [0.29, 0.717) is 18.6 Å². The molecule has 1 aliphatic rings. The smallest absolute Gasteiger partial charge is 0.328 e. The molecule has 2 rings (SSSR count). The molecule has 0 saturated carbocycles. The molecular weight excluding hydrogens is 249 g/mol. The van der Waals surface area contributed by atoms with Crippen molar-refractivity contribution in [3.05, 3.63) is 35.6 Å². The van der Waals surface area contributed by atoms with Crippen molar-refractivity contribution >= 4 is 11.9 Å². The first-order valence-electron chi connectivity index (χ1n) is 6.35. The minimum Gasteiger partial charge on any atom is -0.464 e. The maximum Gasteiger partial charge on any atom is 0.328 e. The number of hydrogen-bond donors (Lipinski definition) is 1. The van der Waals surface area contributed by atoms with E-state index < -0.39 is 12.0 Å². The second-order valence-corrected chi connectivity index (χ2v) is 3.88. The van der Waals surface area contributed by atoms with Gasteiger partial charge in [-0.3, -0.25) is 4.79 Å². The molecule has 1 unspecified atom stereocenters. The van der Waals surface area contributed by atoms with Gasteiger partial charge in [0.2, 0.25) is 5.91 Å². The third kappa shape index (κ3) is 4.69. The summed E-state index contributed by atoms with van der Waals surface area (Å²) >= 11 is 0. The van der Waals surface area contributed by atoms with Crippen molar-refractivity contribution in [3.8, 4) is 0 Å². The number of carbonyl (C=O) groups is 2. The molecule has 1 aromatic rings. The lowest BCUT2D eigenvalue weighted by Crippen LogP contribution is -2.38. The van der Waals surface area contributed by atoms with Crippen molar-refractivity contribution < 1.29 is 18.7 Å². The highest BCUT2D eigenvalue weighted by atomic mass is 19.1. The molecule has 0 aromatic heterocycles. The molecule has 0 bridgehead atoms. The van der Waals surface area contributed by atoms with Crippen LogP contribution in [-0.2, 0) is 20.7 Å². The third-order valence-corrected chi connectivity index (χ3v) is 2.52. The molecule has 1 atom stereocenters. The number of nitrogens with one attached hydrogen (secondary N) is 1. The van der Waals surface area contributed by atoms with Crippen LogP contribution in [0.5, 0.6) is 0 Å². The highest BCUT2D eigenvalue weighted by Gasteiger charge is 2.27. The highest BCUT2D eigenvalue weighted by molar-refractivity contribution is 5.86. The first-order chi connectivity index (χ1) is 9.15. The van der Waals surface area contributed by atoms with Crippen molar-refractivity contribution in [1.29, 1.82) is 0 Å². The van der Waals surface area contributed by atoms with Crippen molar-refractivity contribution in [1.82, 2.24) is 5.32 Å². The lowest BCUT2D eigenvalue weighted by Gasteiger charge is -2.08. The van der Waals surface area contributed by atoms with E-state index in [4.69, 9.17) is 4.74 Å². The number of carbonyl (C=O) groups excluding carboxylic acids is 2. The van der Waals surface area contributed by atoms with E-state index in [0.717, 1.165) is 0 Å². The number of benzene rings is 1. The molecule has 1 fully saturated rings. The Labute approximate surface area is 112 Å². The van der Waals surface area contributed by atoms with E-state index >= 15 is 0 Å². The molecule has 1 heterocycles. The van der Waals surface area contributed by atoms with Gasteiger partial charge >= 0.3 is 5.97 Å². The van der Waals surface area contributed by atoms with Crippen molar-refractivity contribution in [2.24, 2.45) is 0 Å². The number of amides is 1. The van der Waals surface area contributed by atoms with Gasteiger partial charge in [0.05, 0.1) is 13.0 Å². The highest BCUT2D eigenvalue weighted by Crippen LogP contribution is 2.07. The quantitative estimate of drug-likeness (QED) is 0.850. The number of ether oxygens (including phenoxy) is 1. The Morgan fingerprint density at radius 2 is 2.21 bits per heavy atom. The Bertz CT molecular complexity index is 448. The van der Waals surface area contributed by atoms with Gasteiger partial charge in [-0.1, -0.05) is 26.0 Å². The molecular formula is C14H18FNO3. The summed E-state index contributed by atoms with van der Waals surface area (Å²) in [5, 5.41) is 2.56. The van der Waals surface area contributed by atoms with Crippen molar-refractivity contribution in [2.75, 3.05) is 6.61 Å². The summed E-state index contributed by atoms with van der Waals surface area (Å²) in [5.74, 6) is -1.09. The summed E-state index contributed by atoms with van der Waals surface area (Å²) in [6.07, 6.45) is 0.551. The van der Waals surface area contributed by atoms with E-state index in [1.807, 2.05) is 13.8 Å². The summed E-state index contributed by atoms with van der Waals surface area (Å²) in [6, 6.07) is 5.26. The first-order valence-corrected chi connectivity index (χ1v) is 6.35. The number of esters is 1. The minimum absolute atomic E-state index is 0.0571. The minimum atomic E-state index is -0.559. The van der Waals surface area contributed by atoms with Crippen LogP contribution in [0.15, 0.2) is 24.3 Å². The standard InChI is InChI=1S/C12H12FNO3.C2H6/c13-9-3-1-2-8(6-9)7-11(15)14-10-4-5-17-12(10)16;1-2/h1-3,6,10H,4-5,7H2,(H,14,15);1-2H3. The zero-order valence-corrected chi connectivity index (χ0v) is 11.1. The lowest BCUT2D eigenvalue weighted by molar-refractivity contribution is -0.141. The zero-order chi connectivity index (χ0) is 14.3. The van der Waals surface area contributed by atoms with E-state index in [1.54, 1.807) is 12.1 Å². The fourth-order valence-corrected chi connectivity index (χ4v) is 1.70. The Kier molecular flexibility index (Phi) is 5.99. The Morgan fingerprint density at radius 3 is 2.79 bits per heavy atom. The topological polar surface area (TPSA) is 55.4 Å². The van der Waals surface area contributed by atoms with Gasteiger partial charge in [-0.25, -0.2) is 9.18 Å². The van der Waals surface area contributed by atoms with Gasteiger partial charge in [-0.15, -0.1) is 0 Å². The SMILES string of the molecule is CC.O=C(Cc1cccc(F)c1)NC1CCOC1=O. The Balaban J connectivity index is 0.000000861. The van der Waals surface area contributed by atoms with Crippen LogP contribution in [0, 0.1) is 5.82 Å². The van der Waals surface area contributed by atoms with E-state index in [-0.39, 0.29) is 18.1 Å². The Hall–Kier alpha value is -1.91. The molecule has 4 nitrogen and oxygen atoms in total. The molecule has 1 N–H and O–H groups in total. The van der Waals surface area contributed by atoms with Crippen LogP contribution in [0.25, 0.3) is 0 Å². The van der Waals surface area contributed by atoms with Gasteiger partial charge in [-0.2, -0.15) is 0 Å². The van der Waals surface area contributed by atoms with Crippen LogP contribution in [-0.4, -0.2) is 24.5 Å². The molecule has 1 aliphatic heterocycles. The second-order valence-electron chi connectivity index (χ2n) is 3.88. The van der Waals surface area contributed by atoms with Crippen LogP contribution in [0.3, 0.4) is 0 Å². The average Bonchev–Trinajstić information content (AvgIpc) is 2.77. The predicted molar refractivity (Wildman–Crippen MR) is 69.0 cm³/mol. The molecule has 1 aromatic carbocycles. The monoisotopic (exact) mass is 267 g/mol. The van der Waals surface area contributed by atoms with Crippen LogP contribution in [0.1, 0.15) is 25.8 Å². The molecule has 1 saturated heterocycles. The lowest BCUT2D eigenvalue weighted by atomic mass is 10.1. The third-order valence-electron chi connectivity index (χ3n) is 2.52. The second kappa shape index (κ2) is 7.51. The van der Waals surface area contributed by atoms with E-state index in [2.05, 4.69) is 5.32 Å². The Morgan fingerprint density at radius 1 is 1.47 bits per heavy atom. The van der Waals surface area contributed by atoms with Crippen LogP contribution >= 0.6 is 0 Å². The van der Waals surface area contributed by atoms with Gasteiger partial charge in [-0.05, 0) is 17.7 Å². The average molecular weight is 267 g/mol. The summed E-state index contributed by atoms with van der Waals surface area (Å²) in [6.45, 7) is 4.34. The van der Waals surface area contributed by atoms with Crippen LogP contribution in [0.4, 0.5) is 4.39 Å². The molecule has 5 heteroatoms. The predicted octanol–water partition coefficient (Wildman–Crippen LogP) is 1.83. The molecule has 0 aliphatic carbocycles. The fourth-order valence-electron chi connectivity index (χ4n) is 1.70. The van der Waals surface area contributed by atoms with Crippen molar-refractivity contribution in [3.63, 3.8) is 0 Å². The zero-order valence-electron chi connectivity index (χ0n) is 11.1. The van der Waals surface area contributed by atoms with Crippen LogP contribution < -0.4 is 5.32 Å². The van der Waals surface area contributed by atoms with Gasteiger partial charge < -0.3 is 10.1 Å². The summed E-state index contributed by atoms with van der Waals surface area (Å²) < 4.78 is 17.6. The summed E-state index contributed by atoms with van der Waals surface area (Å²) in [5.41, 5.74) is 0.578. The van der Waals surface area contributed by atoms with E-state index in [9.17, 15) is 14.0 Å². The van der Waals surface area contributed by atoms with E-state index in [1.165, 1.54) is 12.1 Å². The van der Waals surface area contributed by atoms with Crippen molar-refractivity contribution in [2.45, 2.75) is 32.7 Å². The van der Waals surface area contributed by atoms with Gasteiger partial charge in [0, 0.05) is 6.42 Å². The largest absolute Gasteiger partial charge is 0.464 e. The molecule has 19 heavy (non-hydrogen) atoms. The number of halogens is 1. The molecule has 0 radical (unpaired) electrons. The number of rotatable bonds is 3. The number of hydrogen-bond acceptors (Lipinski definition) is 3. The molecule has 104 valence electrons. The summed E-state index contributed by atoms with van der Waals surface area (Å²) in [7, 11) is 0. The molecule has 0 spiro atoms. The molecule has 1 amide bonds. The summed E-state index contributed by atoms with van der Waals surface area (Å²) in [4.78, 5) is 22.7. The van der Waals surface area contributed by atoms with Gasteiger partial charge in [0.15, 0.2) is 0 Å². The van der Waals surface area contributed by atoms with Gasteiger partial charge in [0.1, 0.15) is 11.9 Å². The normalized spacial score (nSPS) is 17.2.